The van der Waals surface area contributed by atoms with E-state index in [1.165, 1.54) is 0 Å². The van der Waals surface area contributed by atoms with Crippen molar-refractivity contribution < 1.29 is 40.7 Å². The lowest BCUT2D eigenvalue weighted by Crippen LogP contribution is -2.13. The van der Waals surface area contributed by atoms with Gasteiger partial charge >= 0.3 is 24.1 Å². The van der Waals surface area contributed by atoms with Crippen molar-refractivity contribution in [2.24, 2.45) is 0 Å². The summed E-state index contributed by atoms with van der Waals surface area (Å²) >= 11 is 0. The summed E-state index contributed by atoms with van der Waals surface area (Å²) in [5, 5.41) is 0. The van der Waals surface area contributed by atoms with Crippen LogP contribution in [-0.2, 0) is 14.3 Å². The molecule has 0 saturated carbocycles. The molecule has 0 atom stereocenters. The highest BCUT2D eigenvalue weighted by Crippen LogP contribution is 2.14. The van der Waals surface area contributed by atoms with Crippen LogP contribution in [0.1, 0.15) is 0 Å². The van der Waals surface area contributed by atoms with Gasteiger partial charge < -0.3 is 4.74 Å². The zero-order valence-electron chi connectivity index (χ0n) is 6.49. The van der Waals surface area contributed by atoms with Crippen LogP contribution >= 0.6 is 0 Å². The van der Waals surface area contributed by atoms with Gasteiger partial charge in [-0.2, -0.15) is 26.3 Å². The van der Waals surface area contributed by atoms with E-state index in [0.717, 1.165) is 0 Å². The van der Waals surface area contributed by atoms with E-state index >= 15 is 0 Å². The summed E-state index contributed by atoms with van der Waals surface area (Å²) in [7, 11) is 0. The fourth-order valence-electron chi connectivity index (χ4n) is 0.328. The van der Waals surface area contributed by atoms with Crippen molar-refractivity contribution in [2.75, 3.05) is 0 Å². The van der Waals surface area contributed by atoms with Gasteiger partial charge in [0, 0.05) is 0 Å². The number of hydrogen-bond donors (Lipinski definition) is 0. The second kappa shape index (κ2) is 5.17. The summed E-state index contributed by atoms with van der Waals surface area (Å²) in [4.78, 5) is 20.3. The number of esters is 2. The average Bonchev–Trinajstić information content (AvgIpc) is 2.14. The Morgan fingerprint density at radius 1 is 0.667 bits per heavy atom. The Labute approximate surface area is 77.6 Å². The number of carbonyl (C=O) groups excluding carboxylic acids is 2. The molecule has 0 heterocycles. The van der Waals surface area contributed by atoms with E-state index in [1.54, 1.807) is 0 Å². The minimum absolute atomic E-state index is 2.56. The van der Waals surface area contributed by atoms with Crippen molar-refractivity contribution in [1.82, 2.24) is 0 Å². The molecular weight excluding hydrogens is 234 g/mol. The third kappa shape index (κ3) is 3.83. The summed E-state index contributed by atoms with van der Waals surface area (Å²) in [6.07, 6.45) is -6.25. The lowest BCUT2D eigenvalue weighted by molar-refractivity contribution is -0.156. The Morgan fingerprint density at radius 2 is 0.933 bits per heavy atom. The number of halogens is 6. The van der Waals surface area contributed by atoms with Crippen molar-refractivity contribution in [3.05, 3.63) is 23.8 Å². The minimum atomic E-state index is -3.13. The summed E-state index contributed by atoms with van der Waals surface area (Å²) in [6.45, 7) is 0. The third-order valence-electron chi connectivity index (χ3n) is 0.876. The van der Waals surface area contributed by atoms with Gasteiger partial charge in [-0.05, 0) is 0 Å². The molecule has 15 heavy (non-hydrogen) atoms. The molecule has 0 radical (unpaired) electrons. The number of hydrogen-bond acceptors (Lipinski definition) is 3. The Kier molecular flexibility index (Phi) is 4.55. The van der Waals surface area contributed by atoms with Crippen molar-refractivity contribution >= 4 is 11.9 Å². The SMILES string of the molecule is O=C(OC(=O)C(F)=C(F)F)C(F)=C(F)F. The van der Waals surface area contributed by atoms with Crippen LogP contribution < -0.4 is 0 Å². The number of ether oxygens (including phenoxy) is 1. The summed E-state index contributed by atoms with van der Waals surface area (Å²) in [6, 6.07) is 0. The first-order chi connectivity index (χ1) is 6.77. The maximum absolute atomic E-state index is 11.9. The Morgan fingerprint density at radius 3 is 1.13 bits per heavy atom. The molecule has 84 valence electrons. The maximum Gasteiger partial charge on any atom is 0.380 e. The lowest BCUT2D eigenvalue weighted by atomic mass is 10.5. The van der Waals surface area contributed by atoms with E-state index in [-0.39, 0.29) is 0 Å². The van der Waals surface area contributed by atoms with Crippen LogP contribution in [0.15, 0.2) is 23.8 Å². The van der Waals surface area contributed by atoms with Crippen LogP contribution in [0.25, 0.3) is 0 Å². The van der Waals surface area contributed by atoms with E-state index in [0.29, 0.717) is 0 Å². The summed E-state index contributed by atoms with van der Waals surface area (Å²) < 4.78 is 72.1. The van der Waals surface area contributed by atoms with Crippen LogP contribution in [0.5, 0.6) is 0 Å². The van der Waals surface area contributed by atoms with Crippen molar-refractivity contribution in [3.8, 4) is 0 Å². The summed E-state index contributed by atoms with van der Waals surface area (Å²) in [5.74, 6) is -10.7. The van der Waals surface area contributed by atoms with Gasteiger partial charge in [0.25, 0.3) is 11.7 Å². The van der Waals surface area contributed by atoms with Crippen LogP contribution in [0.3, 0.4) is 0 Å². The van der Waals surface area contributed by atoms with Crippen molar-refractivity contribution in [1.29, 1.82) is 0 Å². The van der Waals surface area contributed by atoms with Gasteiger partial charge in [0.05, 0.1) is 0 Å². The molecule has 0 saturated heterocycles. The zero-order valence-corrected chi connectivity index (χ0v) is 6.49. The summed E-state index contributed by atoms with van der Waals surface area (Å²) in [5.41, 5.74) is 0. The van der Waals surface area contributed by atoms with Crippen LogP contribution in [-0.4, -0.2) is 11.9 Å². The molecule has 0 aromatic rings. The molecule has 0 N–H and O–H groups in total. The van der Waals surface area contributed by atoms with Gasteiger partial charge in [-0.1, -0.05) is 0 Å². The first-order valence-electron chi connectivity index (χ1n) is 2.95. The standard InChI is InChI=1S/C6F6O3/c7-1(3(9)10)5(13)15-6(14)2(8)4(11)12. The van der Waals surface area contributed by atoms with Crippen LogP contribution in [0.4, 0.5) is 26.3 Å². The van der Waals surface area contributed by atoms with Gasteiger partial charge in [0.15, 0.2) is 0 Å². The Balaban J connectivity index is 4.67. The molecule has 0 aromatic heterocycles. The lowest BCUT2D eigenvalue weighted by Gasteiger charge is -1.97. The highest BCUT2D eigenvalue weighted by molar-refractivity contribution is 5.99. The normalized spacial score (nSPS) is 9.20. The molecule has 0 rings (SSSR count). The molecule has 0 spiro atoms. The molecule has 9 heteroatoms. The molecule has 0 unspecified atom stereocenters. The largest absolute Gasteiger partial charge is 0.382 e. The number of carbonyl (C=O) groups is 2. The van der Waals surface area contributed by atoms with Gasteiger partial charge in [0.1, 0.15) is 0 Å². The first kappa shape index (κ1) is 13.2. The molecule has 0 bridgehead atoms. The molecule has 3 nitrogen and oxygen atoms in total. The third-order valence-corrected chi connectivity index (χ3v) is 0.876. The van der Waals surface area contributed by atoms with Gasteiger partial charge in [-0.3, -0.25) is 0 Å². The second-order valence-corrected chi connectivity index (χ2v) is 1.83. The Hall–Kier alpha value is -1.80. The van der Waals surface area contributed by atoms with Crippen LogP contribution in [0, 0.1) is 0 Å². The fourth-order valence-corrected chi connectivity index (χ4v) is 0.328. The monoisotopic (exact) mass is 234 g/mol. The minimum Gasteiger partial charge on any atom is -0.382 e. The second-order valence-electron chi connectivity index (χ2n) is 1.83. The highest BCUT2D eigenvalue weighted by Gasteiger charge is 2.25. The quantitative estimate of drug-likeness (QED) is 0.318. The van der Waals surface area contributed by atoms with Crippen molar-refractivity contribution in [2.45, 2.75) is 0 Å². The fraction of sp³-hybridized carbons (Fsp3) is 0. The highest BCUT2D eigenvalue weighted by atomic mass is 19.3. The van der Waals surface area contributed by atoms with Gasteiger partial charge in [-0.15, -0.1) is 0 Å². The zero-order chi connectivity index (χ0) is 12.2. The van der Waals surface area contributed by atoms with E-state index < -0.39 is 35.8 Å². The van der Waals surface area contributed by atoms with E-state index in [1.807, 2.05) is 0 Å². The molecule has 0 aliphatic rings. The predicted octanol–water partition coefficient (Wildman–Crippen LogP) is 2.21. The molecule has 0 aromatic carbocycles. The van der Waals surface area contributed by atoms with Gasteiger partial charge in [-0.25, -0.2) is 9.59 Å². The molecule has 0 aliphatic carbocycles. The molecule has 0 fully saturated rings. The predicted molar refractivity (Wildman–Crippen MR) is 31.8 cm³/mol. The van der Waals surface area contributed by atoms with Gasteiger partial charge in [0.2, 0.25) is 0 Å². The molecule has 0 aliphatic heterocycles. The first-order valence-corrected chi connectivity index (χ1v) is 2.95. The number of rotatable bonds is 2. The smallest absolute Gasteiger partial charge is 0.380 e. The molecule has 0 amide bonds. The molecular formula is C6F6O3. The van der Waals surface area contributed by atoms with Crippen molar-refractivity contribution in [3.63, 3.8) is 0 Å². The topological polar surface area (TPSA) is 43.4 Å². The van der Waals surface area contributed by atoms with E-state index in [4.69, 9.17) is 0 Å². The maximum atomic E-state index is 11.9. The van der Waals surface area contributed by atoms with E-state index in [9.17, 15) is 35.9 Å². The Bertz CT molecular complexity index is 316. The average molecular weight is 234 g/mol. The van der Waals surface area contributed by atoms with Crippen LogP contribution in [0.2, 0.25) is 0 Å². The van der Waals surface area contributed by atoms with E-state index in [2.05, 4.69) is 4.74 Å².